The first-order valence-electron chi connectivity index (χ1n) is 10.1. The van der Waals surface area contributed by atoms with Gasteiger partial charge in [0.15, 0.2) is 0 Å². The van der Waals surface area contributed by atoms with E-state index in [4.69, 9.17) is 0 Å². The minimum absolute atomic E-state index is 0.103. The Hall–Kier alpha value is -4.00. The maximum Gasteiger partial charge on any atom is 0.246 e. The molecule has 7 nitrogen and oxygen atoms in total. The van der Waals surface area contributed by atoms with Crippen LogP contribution in [-0.2, 0) is 24.4 Å². The van der Waals surface area contributed by atoms with Gasteiger partial charge in [-0.25, -0.2) is 4.68 Å². The normalized spacial score (nSPS) is 11.1. The number of benzene rings is 2. The van der Waals surface area contributed by atoms with Gasteiger partial charge in [0, 0.05) is 31.4 Å². The average Bonchev–Trinajstić information content (AvgIpc) is 3.42. The van der Waals surface area contributed by atoms with E-state index in [2.05, 4.69) is 27.5 Å². The van der Waals surface area contributed by atoms with Crippen molar-refractivity contribution < 1.29 is 4.79 Å². The highest BCUT2D eigenvalue weighted by molar-refractivity contribution is 5.91. The monoisotopic (exact) mass is 412 g/mol. The molecule has 7 heteroatoms. The van der Waals surface area contributed by atoms with Gasteiger partial charge < -0.3 is 4.90 Å². The summed E-state index contributed by atoms with van der Waals surface area (Å²) in [6.07, 6.45) is 8.79. The zero-order valence-corrected chi connectivity index (χ0v) is 17.4. The Morgan fingerprint density at radius 2 is 1.55 bits per heavy atom. The van der Waals surface area contributed by atoms with Gasteiger partial charge in [-0.2, -0.15) is 5.10 Å². The van der Waals surface area contributed by atoms with Crippen molar-refractivity contribution in [2.24, 2.45) is 0 Å². The van der Waals surface area contributed by atoms with E-state index in [0.717, 1.165) is 11.1 Å². The smallest absolute Gasteiger partial charge is 0.246 e. The molecule has 4 aromatic rings. The highest BCUT2D eigenvalue weighted by atomic mass is 16.2. The molecule has 1 amide bonds. The molecule has 0 fully saturated rings. The molecule has 2 aromatic carbocycles. The third-order valence-corrected chi connectivity index (χ3v) is 4.81. The van der Waals surface area contributed by atoms with Crippen LogP contribution in [0.5, 0.6) is 0 Å². The van der Waals surface area contributed by atoms with E-state index in [1.54, 1.807) is 28.9 Å². The Bertz CT molecular complexity index is 1150. The maximum atomic E-state index is 12.5. The van der Waals surface area contributed by atoms with E-state index < -0.39 is 0 Å². The quantitative estimate of drug-likeness (QED) is 0.417. The predicted molar refractivity (Wildman–Crippen MR) is 119 cm³/mol. The van der Waals surface area contributed by atoms with Crippen molar-refractivity contribution in [1.29, 1.82) is 0 Å². The third kappa shape index (κ3) is 5.76. The maximum absolute atomic E-state index is 12.5. The van der Waals surface area contributed by atoms with Gasteiger partial charge in [0.1, 0.15) is 5.69 Å². The first-order valence-corrected chi connectivity index (χ1v) is 10.1. The molecule has 31 heavy (non-hydrogen) atoms. The molecule has 0 unspecified atom stereocenters. The molecule has 0 saturated carbocycles. The SMILES string of the molecule is CN(Cc1cnn(Cc2ccccc2)c1)C(=O)C=Cc1cn(Cc2ccccc2)nn1. The van der Waals surface area contributed by atoms with Crippen LogP contribution in [-0.4, -0.2) is 42.6 Å². The lowest BCUT2D eigenvalue weighted by atomic mass is 10.2. The second-order valence-electron chi connectivity index (χ2n) is 7.39. The average molecular weight is 412 g/mol. The highest BCUT2D eigenvalue weighted by Crippen LogP contribution is 2.07. The molecule has 0 aliphatic heterocycles. The zero-order valence-electron chi connectivity index (χ0n) is 17.4. The molecule has 156 valence electrons. The molecule has 0 spiro atoms. The first-order chi connectivity index (χ1) is 15.2. The second kappa shape index (κ2) is 9.67. The molecule has 0 radical (unpaired) electrons. The number of amides is 1. The number of likely N-dealkylation sites (N-methyl/N-ethyl adjacent to an activating group) is 1. The van der Waals surface area contributed by atoms with Gasteiger partial charge in [-0.05, 0) is 17.2 Å². The van der Waals surface area contributed by atoms with Crippen LogP contribution in [0.15, 0.2) is 85.3 Å². The molecule has 2 aromatic heterocycles. The topological polar surface area (TPSA) is 68.8 Å². The van der Waals surface area contributed by atoms with E-state index in [0.29, 0.717) is 25.3 Å². The highest BCUT2D eigenvalue weighted by Gasteiger charge is 2.08. The Morgan fingerprint density at radius 1 is 0.903 bits per heavy atom. The van der Waals surface area contributed by atoms with Gasteiger partial charge >= 0.3 is 0 Å². The van der Waals surface area contributed by atoms with Crippen LogP contribution in [0.4, 0.5) is 0 Å². The van der Waals surface area contributed by atoms with Gasteiger partial charge in [0.2, 0.25) is 5.91 Å². The lowest BCUT2D eigenvalue weighted by Crippen LogP contribution is -2.23. The number of hydrogen-bond donors (Lipinski definition) is 0. The van der Waals surface area contributed by atoms with E-state index in [9.17, 15) is 4.79 Å². The van der Waals surface area contributed by atoms with E-state index >= 15 is 0 Å². The van der Waals surface area contributed by atoms with Crippen LogP contribution in [0.2, 0.25) is 0 Å². The van der Waals surface area contributed by atoms with E-state index in [-0.39, 0.29) is 5.91 Å². The summed E-state index contributed by atoms with van der Waals surface area (Å²) >= 11 is 0. The number of nitrogens with zero attached hydrogens (tertiary/aromatic N) is 6. The van der Waals surface area contributed by atoms with Gasteiger partial charge in [-0.3, -0.25) is 9.48 Å². The van der Waals surface area contributed by atoms with Crippen LogP contribution < -0.4 is 0 Å². The minimum Gasteiger partial charge on any atom is -0.338 e. The Balaban J connectivity index is 1.30. The fraction of sp³-hybridized carbons (Fsp3) is 0.167. The van der Waals surface area contributed by atoms with Crippen LogP contribution in [0.1, 0.15) is 22.4 Å². The number of aromatic nitrogens is 5. The Morgan fingerprint density at radius 3 is 2.23 bits per heavy atom. The Kier molecular flexibility index (Phi) is 6.32. The summed E-state index contributed by atoms with van der Waals surface area (Å²) in [5.74, 6) is -0.103. The lowest BCUT2D eigenvalue weighted by molar-refractivity contribution is -0.125. The first kappa shape index (κ1) is 20.3. The largest absolute Gasteiger partial charge is 0.338 e. The van der Waals surface area contributed by atoms with Crippen molar-refractivity contribution in [3.05, 3.63) is 108 Å². The summed E-state index contributed by atoms with van der Waals surface area (Å²) in [6.45, 7) is 1.83. The van der Waals surface area contributed by atoms with Crippen molar-refractivity contribution in [1.82, 2.24) is 29.7 Å². The molecule has 4 rings (SSSR count). The molecule has 0 atom stereocenters. The molecule has 0 saturated heterocycles. The summed E-state index contributed by atoms with van der Waals surface area (Å²) in [7, 11) is 1.77. The molecule has 0 bridgehead atoms. The second-order valence-corrected chi connectivity index (χ2v) is 7.39. The van der Waals surface area contributed by atoms with E-state index in [1.807, 2.05) is 65.6 Å². The summed E-state index contributed by atoms with van der Waals surface area (Å²) < 4.78 is 3.63. The number of hydrogen-bond acceptors (Lipinski definition) is 4. The fourth-order valence-electron chi connectivity index (χ4n) is 3.22. The summed E-state index contributed by atoms with van der Waals surface area (Å²) in [4.78, 5) is 14.1. The van der Waals surface area contributed by atoms with Crippen molar-refractivity contribution in [2.45, 2.75) is 19.6 Å². The molecule has 0 aliphatic carbocycles. The van der Waals surface area contributed by atoms with Crippen molar-refractivity contribution in [2.75, 3.05) is 7.05 Å². The van der Waals surface area contributed by atoms with Crippen molar-refractivity contribution >= 4 is 12.0 Å². The van der Waals surface area contributed by atoms with Gasteiger partial charge in [-0.1, -0.05) is 65.9 Å². The molecular weight excluding hydrogens is 388 g/mol. The van der Waals surface area contributed by atoms with Gasteiger partial charge in [-0.15, -0.1) is 5.10 Å². The third-order valence-electron chi connectivity index (χ3n) is 4.81. The molecular formula is C24H24N6O. The number of carbonyl (C=O) groups is 1. The van der Waals surface area contributed by atoms with Crippen LogP contribution >= 0.6 is 0 Å². The van der Waals surface area contributed by atoms with Crippen molar-refractivity contribution in [3.8, 4) is 0 Å². The molecule has 0 N–H and O–H groups in total. The van der Waals surface area contributed by atoms with Gasteiger partial charge in [0.05, 0.1) is 25.5 Å². The fourth-order valence-corrected chi connectivity index (χ4v) is 3.22. The summed E-state index contributed by atoms with van der Waals surface area (Å²) in [6, 6.07) is 20.2. The standard InChI is InChI=1S/C24H24N6O/c1-28(15-22-14-25-29(18-22)16-20-8-4-2-5-9-20)24(31)13-12-23-19-30(27-26-23)17-21-10-6-3-7-11-21/h2-14,18-19H,15-17H2,1H3. The van der Waals surface area contributed by atoms with Crippen LogP contribution in [0.25, 0.3) is 6.08 Å². The predicted octanol–water partition coefficient (Wildman–Crippen LogP) is 3.24. The van der Waals surface area contributed by atoms with Crippen LogP contribution in [0.3, 0.4) is 0 Å². The molecule has 0 aliphatic rings. The number of rotatable bonds is 8. The summed E-state index contributed by atoms with van der Waals surface area (Å²) in [5.41, 5.74) is 3.96. The van der Waals surface area contributed by atoms with Crippen molar-refractivity contribution in [3.63, 3.8) is 0 Å². The lowest BCUT2D eigenvalue weighted by Gasteiger charge is -2.13. The zero-order chi connectivity index (χ0) is 21.5. The minimum atomic E-state index is -0.103. The van der Waals surface area contributed by atoms with Crippen LogP contribution in [0, 0.1) is 0 Å². The number of carbonyl (C=O) groups excluding carboxylic acids is 1. The Labute approximate surface area is 181 Å². The van der Waals surface area contributed by atoms with E-state index in [1.165, 1.54) is 11.6 Å². The van der Waals surface area contributed by atoms with Gasteiger partial charge in [0.25, 0.3) is 0 Å². The molecule has 2 heterocycles. The summed E-state index contributed by atoms with van der Waals surface area (Å²) in [5, 5.41) is 12.6.